The van der Waals surface area contributed by atoms with Crippen LogP contribution in [-0.2, 0) is 36.2 Å². The van der Waals surface area contributed by atoms with E-state index in [0.717, 1.165) is 18.4 Å². The molecule has 0 spiro atoms. The zero-order chi connectivity index (χ0) is 32.7. The molecule has 1 aromatic carbocycles. The summed E-state index contributed by atoms with van der Waals surface area (Å²) >= 11 is 0. The van der Waals surface area contributed by atoms with Crippen LogP contribution in [0.15, 0.2) is 43.0 Å². The maximum absolute atomic E-state index is 13.6. The standard InChI is InChI=1S/C35H58N5O5P/c1-3-4-5-6-7-8-9-10-11-12-13-14-15-17-20-31(2)43-25-26-44-46(41,45-27-32-21-18-16-19-22-32)30-42-24-23-40-29-39-33-34(36)37-28-38-35(33)40/h16,18-19,21-22,28-29,31H,3-15,17,20,23-27,30H2,1-2H3,(H2,36,37,38). The van der Waals surface area contributed by atoms with Crippen LogP contribution in [0.3, 0.4) is 0 Å². The Labute approximate surface area is 276 Å². The highest BCUT2D eigenvalue weighted by Crippen LogP contribution is 2.48. The van der Waals surface area contributed by atoms with Crippen molar-refractivity contribution < 1.29 is 23.1 Å². The molecule has 46 heavy (non-hydrogen) atoms. The smallest absolute Gasteiger partial charge is 0.356 e. The summed E-state index contributed by atoms with van der Waals surface area (Å²) < 4.78 is 38.7. The van der Waals surface area contributed by atoms with Gasteiger partial charge in [0.25, 0.3) is 0 Å². The number of ether oxygens (including phenoxy) is 2. The molecule has 3 rings (SSSR count). The van der Waals surface area contributed by atoms with E-state index >= 15 is 0 Å². The number of nitrogen functional groups attached to an aromatic ring is 1. The van der Waals surface area contributed by atoms with Crippen molar-refractivity contribution in [2.24, 2.45) is 0 Å². The predicted molar refractivity (Wildman–Crippen MR) is 186 cm³/mol. The van der Waals surface area contributed by atoms with Gasteiger partial charge in [0.15, 0.2) is 11.5 Å². The molecule has 2 unspecified atom stereocenters. The summed E-state index contributed by atoms with van der Waals surface area (Å²) in [4.78, 5) is 12.5. The number of unbranched alkanes of at least 4 members (excludes halogenated alkanes) is 13. The van der Waals surface area contributed by atoms with Gasteiger partial charge in [0.2, 0.25) is 0 Å². The number of benzene rings is 1. The number of aromatic nitrogens is 4. The van der Waals surface area contributed by atoms with Crippen molar-refractivity contribution in [1.82, 2.24) is 19.5 Å². The maximum Gasteiger partial charge on any atom is 0.356 e. The second-order valence-electron chi connectivity index (χ2n) is 12.2. The number of hydrogen-bond acceptors (Lipinski definition) is 9. The Morgan fingerprint density at radius 1 is 0.804 bits per heavy atom. The van der Waals surface area contributed by atoms with Crippen LogP contribution in [0.5, 0.6) is 0 Å². The van der Waals surface area contributed by atoms with Gasteiger partial charge in [0.1, 0.15) is 18.2 Å². The maximum atomic E-state index is 13.6. The quantitative estimate of drug-likeness (QED) is 0.0600. The molecule has 0 saturated heterocycles. The number of hydrogen-bond donors (Lipinski definition) is 1. The summed E-state index contributed by atoms with van der Waals surface area (Å²) in [5.41, 5.74) is 7.95. The van der Waals surface area contributed by atoms with Crippen molar-refractivity contribution in [2.75, 3.05) is 31.9 Å². The summed E-state index contributed by atoms with van der Waals surface area (Å²) in [5.74, 6) is 0.327. The number of rotatable bonds is 28. The van der Waals surface area contributed by atoms with Crippen molar-refractivity contribution in [2.45, 2.75) is 129 Å². The molecule has 0 bridgehead atoms. The molecule has 0 aliphatic rings. The van der Waals surface area contributed by atoms with Gasteiger partial charge in [0.05, 0.1) is 38.9 Å². The fraction of sp³-hybridized carbons (Fsp3) is 0.686. The average molecular weight is 660 g/mol. The summed E-state index contributed by atoms with van der Waals surface area (Å²) in [7, 11) is -3.53. The van der Waals surface area contributed by atoms with Crippen molar-refractivity contribution >= 4 is 24.6 Å². The van der Waals surface area contributed by atoms with Gasteiger partial charge in [-0.1, -0.05) is 127 Å². The molecular weight excluding hydrogens is 601 g/mol. The Morgan fingerprint density at radius 2 is 1.46 bits per heavy atom. The minimum atomic E-state index is -3.53. The lowest BCUT2D eigenvalue weighted by atomic mass is 10.0. The van der Waals surface area contributed by atoms with Crippen LogP contribution in [0.25, 0.3) is 11.2 Å². The predicted octanol–water partition coefficient (Wildman–Crippen LogP) is 9.09. The lowest BCUT2D eigenvalue weighted by molar-refractivity contribution is 0.0308. The van der Waals surface area contributed by atoms with Gasteiger partial charge in [0, 0.05) is 6.54 Å². The average Bonchev–Trinajstić information content (AvgIpc) is 3.49. The minimum Gasteiger partial charge on any atom is -0.382 e. The van der Waals surface area contributed by atoms with Gasteiger partial charge in [-0.15, -0.1) is 0 Å². The highest BCUT2D eigenvalue weighted by molar-refractivity contribution is 7.53. The fourth-order valence-electron chi connectivity index (χ4n) is 5.40. The molecule has 2 atom stereocenters. The van der Waals surface area contributed by atoms with E-state index in [1.54, 1.807) is 6.33 Å². The lowest BCUT2D eigenvalue weighted by Crippen LogP contribution is -2.14. The molecule has 3 aromatic rings. The van der Waals surface area contributed by atoms with Crippen LogP contribution >= 0.6 is 7.60 Å². The first-order chi connectivity index (χ1) is 22.5. The van der Waals surface area contributed by atoms with Gasteiger partial charge >= 0.3 is 7.60 Å². The molecule has 10 nitrogen and oxygen atoms in total. The summed E-state index contributed by atoms with van der Waals surface area (Å²) in [5, 5.41) is 0. The van der Waals surface area contributed by atoms with Gasteiger partial charge < -0.3 is 28.8 Å². The van der Waals surface area contributed by atoms with E-state index < -0.39 is 7.60 Å². The molecule has 2 N–H and O–H groups in total. The second-order valence-corrected chi connectivity index (χ2v) is 14.2. The van der Waals surface area contributed by atoms with Gasteiger partial charge in [-0.05, 0) is 18.9 Å². The molecule has 0 amide bonds. The monoisotopic (exact) mass is 659 g/mol. The van der Waals surface area contributed by atoms with Crippen molar-refractivity contribution in [3.8, 4) is 0 Å². The zero-order valence-electron chi connectivity index (χ0n) is 28.3. The lowest BCUT2D eigenvalue weighted by Gasteiger charge is -2.20. The van der Waals surface area contributed by atoms with Crippen LogP contribution < -0.4 is 5.73 Å². The minimum absolute atomic E-state index is 0.129. The third kappa shape index (κ3) is 15.5. The summed E-state index contributed by atoms with van der Waals surface area (Å²) in [6.07, 6.45) is 23.0. The summed E-state index contributed by atoms with van der Waals surface area (Å²) in [6.45, 7) is 5.77. The highest BCUT2D eigenvalue weighted by atomic mass is 31.2. The largest absolute Gasteiger partial charge is 0.382 e. The van der Waals surface area contributed by atoms with Crippen LogP contribution in [0.2, 0.25) is 0 Å². The van der Waals surface area contributed by atoms with E-state index in [1.165, 1.54) is 89.8 Å². The molecule has 2 heterocycles. The Balaban J connectivity index is 1.27. The molecule has 0 aliphatic heterocycles. The topological polar surface area (TPSA) is 124 Å². The number of nitrogens with zero attached hydrogens (tertiary/aromatic N) is 4. The highest BCUT2D eigenvalue weighted by Gasteiger charge is 2.25. The van der Waals surface area contributed by atoms with Crippen LogP contribution in [0.4, 0.5) is 5.82 Å². The van der Waals surface area contributed by atoms with Gasteiger partial charge in [-0.3, -0.25) is 4.57 Å². The van der Waals surface area contributed by atoms with Gasteiger partial charge in [-0.2, -0.15) is 0 Å². The zero-order valence-corrected chi connectivity index (χ0v) is 29.2. The molecule has 0 radical (unpaired) electrons. The molecule has 0 fully saturated rings. The Bertz CT molecular complexity index is 1240. The fourth-order valence-corrected chi connectivity index (χ4v) is 6.67. The van der Waals surface area contributed by atoms with E-state index in [4.69, 9.17) is 24.3 Å². The third-order valence-corrected chi connectivity index (χ3v) is 9.76. The van der Waals surface area contributed by atoms with Crippen molar-refractivity contribution in [3.05, 3.63) is 48.5 Å². The molecule has 0 aliphatic carbocycles. The first kappa shape index (κ1) is 38.1. The van der Waals surface area contributed by atoms with Crippen molar-refractivity contribution in [3.63, 3.8) is 0 Å². The van der Waals surface area contributed by atoms with E-state index in [9.17, 15) is 4.57 Å². The Hall–Kier alpha value is -2.36. The molecular formula is C35H58N5O5P. The third-order valence-electron chi connectivity index (χ3n) is 8.16. The van der Waals surface area contributed by atoms with Gasteiger partial charge in [-0.25, -0.2) is 15.0 Å². The molecule has 0 saturated carbocycles. The van der Waals surface area contributed by atoms with E-state index in [0.29, 0.717) is 30.1 Å². The molecule has 258 valence electrons. The first-order valence-electron chi connectivity index (χ1n) is 17.5. The second kappa shape index (κ2) is 23.0. The number of nitrogens with two attached hydrogens (primary N) is 1. The van der Waals surface area contributed by atoms with E-state index in [-0.39, 0.29) is 32.3 Å². The van der Waals surface area contributed by atoms with Crippen LogP contribution in [-0.4, -0.2) is 51.8 Å². The Morgan fingerprint density at radius 3 is 2.13 bits per heavy atom. The normalized spacial score (nSPS) is 13.7. The van der Waals surface area contributed by atoms with E-state index in [1.807, 2.05) is 34.9 Å². The number of imidazole rings is 1. The van der Waals surface area contributed by atoms with Crippen LogP contribution in [0.1, 0.15) is 116 Å². The molecule has 2 aromatic heterocycles. The number of fused-ring (bicyclic) bond motifs is 1. The molecule has 11 heteroatoms. The number of anilines is 1. The van der Waals surface area contributed by atoms with Crippen molar-refractivity contribution in [1.29, 1.82) is 0 Å². The first-order valence-corrected chi connectivity index (χ1v) is 19.3. The van der Waals surface area contributed by atoms with E-state index in [2.05, 4.69) is 28.8 Å². The summed E-state index contributed by atoms with van der Waals surface area (Å²) in [6, 6.07) is 9.61. The van der Waals surface area contributed by atoms with Crippen LogP contribution in [0, 0.1) is 0 Å². The SMILES string of the molecule is CCCCCCCCCCCCCCCCC(C)OCCOP(=O)(COCCn1cnc2c(N)ncnc21)OCc1ccccc1. The Kier molecular flexibility index (Phi) is 19.1.